The zero-order valence-corrected chi connectivity index (χ0v) is 52.5. The fourth-order valence-corrected chi connectivity index (χ4v) is 10.5. The van der Waals surface area contributed by atoms with Crippen LogP contribution in [0, 0.1) is 0 Å². The van der Waals surface area contributed by atoms with E-state index in [1.807, 2.05) is 0 Å². The van der Waals surface area contributed by atoms with E-state index in [-0.39, 0.29) is 44.6 Å². The van der Waals surface area contributed by atoms with Crippen LogP contribution >= 0.6 is 0 Å². The molecular weight excluding hydrogens is 1140 g/mol. The summed E-state index contributed by atoms with van der Waals surface area (Å²) in [6.45, 7) is 7.45. The second-order valence-electron chi connectivity index (χ2n) is 23.2. The van der Waals surface area contributed by atoms with E-state index in [1.165, 1.54) is 84.5 Å². The second-order valence-corrected chi connectivity index (χ2v) is 23.2. The Kier molecular flexibility index (Phi) is 39.7. The van der Waals surface area contributed by atoms with E-state index in [0.29, 0.717) is 12.8 Å². The average molecular weight is 1250 g/mol. The molecule has 0 spiro atoms. The summed E-state index contributed by atoms with van der Waals surface area (Å²) in [4.78, 5) is 117. The molecule has 0 aromatic carbocycles. The summed E-state index contributed by atoms with van der Waals surface area (Å²) in [5, 5.41) is 67.7. The summed E-state index contributed by atoms with van der Waals surface area (Å²) in [6.07, 6.45) is 8.34. The first-order valence-electron chi connectivity index (χ1n) is 31.9. The third kappa shape index (κ3) is 30.8. The van der Waals surface area contributed by atoms with Gasteiger partial charge in [0.1, 0.15) is 79.0 Å². The van der Waals surface area contributed by atoms with Crippen LogP contribution < -0.4 is 43.4 Å². The molecule has 87 heavy (non-hydrogen) atoms. The molecule has 27 heteroatoms. The molecule has 15 N–H and O–H groups in total. The van der Waals surface area contributed by atoms with Gasteiger partial charge in [-0.2, -0.15) is 0 Å². The van der Waals surface area contributed by atoms with Crippen LogP contribution in [0.1, 0.15) is 215 Å². The summed E-state index contributed by atoms with van der Waals surface area (Å²) in [5.74, 6) is -6.84. The van der Waals surface area contributed by atoms with Crippen molar-refractivity contribution in [1.82, 2.24) is 31.9 Å². The minimum Gasteiger partial charge on any atom is -0.464 e. The molecule has 0 aliphatic carbocycles. The van der Waals surface area contributed by atoms with Crippen LogP contribution in [0.15, 0.2) is 0 Å². The first-order valence-corrected chi connectivity index (χ1v) is 31.9. The van der Waals surface area contributed by atoms with Gasteiger partial charge in [0.05, 0.1) is 19.8 Å². The van der Waals surface area contributed by atoms with Crippen LogP contribution in [-0.4, -0.2) is 190 Å². The number of ether oxygens (including phenoxy) is 5. The predicted octanol–water partition coefficient (Wildman–Crippen LogP) is 1.35. The van der Waals surface area contributed by atoms with E-state index in [0.717, 1.165) is 65.2 Å². The molecule has 0 bridgehead atoms. The van der Waals surface area contributed by atoms with Crippen LogP contribution in [-0.2, 0) is 66.8 Å². The zero-order chi connectivity index (χ0) is 64.8. The second kappa shape index (κ2) is 44.3. The van der Waals surface area contributed by atoms with Gasteiger partial charge in [0.25, 0.3) is 0 Å². The quantitative estimate of drug-likeness (QED) is 0.0302. The monoisotopic (exact) mass is 1240 g/mol. The standard InChI is InChI=1S/C60H108N8O19/c1-7-9-11-13-15-16-17-18-19-20-21-22-23-24-26-31-46(73)66-41(54(61)77)29-28-30-43(58(81)83-34-27-25-14-12-10-8-2)67-47(74)33-32-42(55(62)78)68-56(79)37(3)63-57(80)38(4)84-53-49(65-40(6)72)59(82)85-45(36-70)52(53)87-60-48(64-39(5)71)51(76)50(75)44(35-69)86-60/h37-38,41-45,48-53,59-60,69-70,75-76,82H,7-36H2,1-6H3,(H2,61,77)(H2,62,78)(H,63,80)(H,64,71)(H,65,72)(H,66,73)(H,67,74)(H,68,79)/t37-,38?,41-,42+,43-,44+,45+,48+,49+,50+,51+,52+,53+,59?,60-/m0/s1. The Morgan fingerprint density at radius 3 is 1.49 bits per heavy atom. The fraction of sp³-hybridized carbons (Fsp3) is 0.850. The maximum absolute atomic E-state index is 13.7. The zero-order valence-electron chi connectivity index (χ0n) is 52.5. The van der Waals surface area contributed by atoms with Crippen LogP contribution in [0.2, 0.25) is 0 Å². The van der Waals surface area contributed by atoms with E-state index in [4.69, 9.17) is 35.2 Å². The number of nitrogens with one attached hydrogen (secondary N) is 6. The van der Waals surface area contributed by atoms with Crippen LogP contribution in [0.3, 0.4) is 0 Å². The highest BCUT2D eigenvalue weighted by Crippen LogP contribution is 2.31. The van der Waals surface area contributed by atoms with Crippen LogP contribution in [0.4, 0.5) is 0 Å². The number of nitrogens with two attached hydrogens (primary N) is 2. The van der Waals surface area contributed by atoms with Gasteiger partial charge in [-0.05, 0) is 52.4 Å². The summed E-state index contributed by atoms with van der Waals surface area (Å²) in [7, 11) is 0. The smallest absolute Gasteiger partial charge is 0.328 e. The molecular formula is C60H108N8O19. The van der Waals surface area contributed by atoms with Crippen molar-refractivity contribution in [2.24, 2.45) is 11.5 Å². The summed E-state index contributed by atoms with van der Waals surface area (Å²) in [6, 6.07) is -8.11. The van der Waals surface area contributed by atoms with E-state index < -0.39 is 159 Å². The van der Waals surface area contributed by atoms with Gasteiger partial charge in [0.2, 0.25) is 47.3 Å². The van der Waals surface area contributed by atoms with E-state index in [9.17, 15) is 68.7 Å². The summed E-state index contributed by atoms with van der Waals surface area (Å²) >= 11 is 0. The number of esters is 1. The van der Waals surface area contributed by atoms with Crippen molar-refractivity contribution in [3.05, 3.63) is 0 Å². The van der Waals surface area contributed by atoms with Gasteiger partial charge in [-0.15, -0.1) is 0 Å². The lowest BCUT2D eigenvalue weighted by Gasteiger charge is -2.48. The largest absolute Gasteiger partial charge is 0.464 e. The number of aliphatic hydroxyl groups excluding tert-OH is 5. The van der Waals surface area contributed by atoms with Gasteiger partial charge in [-0.1, -0.05) is 136 Å². The first kappa shape index (κ1) is 78.0. The SMILES string of the molecule is CCCCCCCCCCCCCCCCCC(=O)N[C@@H](CCC[C@H](NC(=O)CC[C@@H](NC(=O)[C@H](C)NC(=O)C(C)O[C@H]1[C@H](O[C@@H]2O[C@H](CO)[C@@H](O)[C@H](O)[C@H]2NC(C)=O)[C@@H](CO)OC(O)[C@@H]1NC(C)=O)C(N)=O)C(=O)OCCCCCCCC)C(N)=O. The number of rotatable bonds is 47. The lowest BCUT2D eigenvalue weighted by Crippen LogP contribution is -2.70. The van der Waals surface area contributed by atoms with Crippen LogP contribution in [0.5, 0.6) is 0 Å². The topological polar surface area (TPSA) is 425 Å². The van der Waals surface area contributed by atoms with E-state index in [2.05, 4.69) is 45.7 Å². The van der Waals surface area contributed by atoms with Crippen molar-refractivity contribution in [1.29, 1.82) is 0 Å². The highest BCUT2D eigenvalue weighted by Gasteiger charge is 2.53. The van der Waals surface area contributed by atoms with Crippen molar-refractivity contribution in [3.63, 3.8) is 0 Å². The minimum atomic E-state index is -1.88. The third-order valence-corrected chi connectivity index (χ3v) is 15.6. The molecule has 2 heterocycles. The molecule has 2 rings (SSSR count). The Bertz CT molecular complexity index is 2060. The molecule has 2 unspecified atom stereocenters. The van der Waals surface area contributed by atoms with Gasteiger partial charge in [-0.25, -0.2) is 4.79 Å². The Morgan fingerprint density at radius 2 is 0.977 bits per heavy atom. The van der Waals surface area contributed by atoms with Crippen molar-refractivity contribution < 1.29 is 92.4 Å². The summed E-state index contributed by atoms with van der Waals surface area (Å²) in [5.41, 5.74) is 11.3. The lowest BCUT2D eigenvalue weighted by molar-refractivity contribution is -0.333. The first-order chi connectivity index (χ1) is 41.5. The summed E-state index contributed by atoms with van der Waals surface area (Å²) < 4.78 is 29.0. The van der Waals surface area contributed by atoms with Crippen molar-refractivity contribution >= 4 is 53.2 Å². The van der Waals surface area contributed by atoms with E-state index in [1.54, 1.807) is 0 Å². The molecule has 8 amide bonds. The maximum Gasteiger partial charge on any atom is 0.328 e. The molecule has 0 aromatic rings. The Morgan fingerprint density at radius 1 is 0.506 bits per heavy atom. The molecule has 2 fully saturated rings. The Hall–Kier alpha value is -5.13. The minimum absolute atomic E-state index is 0.00198. The van der Waals surface area contributed by atoms with Gasteiger partial charge in [-0.3, -0.25) is 38.4 Å². The Balaban J connectivity index is 2.06. The molecule has 15 atom stereocenters. The highest BCUT2D eigenvalue weighted by molar-refractivity contribution is 5.92. The van der Waals surface area contributed by atoms with Gasteiger partial charge < -0.3 is 92.6 Å². The Labute approximate surface area is 513 Å². The number of carbonyl (C=O) groups is 9. The number of carbonyl (C=O) groups excluding carboxylic acids is 9. The third-order valence-electron chi connectivity index (χ3n) is 15.6. The number of unbranched alkanes of at least 4 members (excludes halogenated alkanes) is 19. The number of aliphatic hydroxyl groups is 5. The van der Waals surface area contributed by atoms with Crippen molar-refractivity contribution in [2.75, 3.05) is 19.8 Å². The van der Waals surface area contributed by atoms with Gasteiger partial charge in [0.15, 0.2) is 12.6 Å². The predicted molar refractivity (Wildman–Crippen MR) is 319 cm³/mol. The van der Waals surface area contributed by atoms with Crippen molar-refractivity contribution in [2.45, 2.75) is 306 Å². The molecule has 502 valence electrons. The van der Waals surface area contributed by atoms with Gasteiger partial charge in [0, 0.05) is 26.7 Å². The van der Waals surface area contributed by atoms with Crippen LogP contribution in [0.25, 0.3) is 0 Å². The molecule has 2 aliphatic heterocycles. The fourth-order valence-electron chi connectivity index (χ4n) is 10.5. The molecule has 2 saturated heterocycles. The number of hydrogen-bond acceptors (Lipinski definition) is 19. The molecule has 0 aromatic heterocycles. The number of primary amides is 2. The van der Waals surface area contributed by atoms with E-state index >= 15 is 0 Å². The average Bonchev–Trinajstić information content (AvgIpc) is 2.28. The molecule has 27 nitrogen and oxygen atoms in total. The van der Waals surface area contributed by atoms with Crippen molar-refractivity contribution in [3.8, 4) is 0 Å². The molecule has 0 radical (unpaired) electrons. The molecule has 0 saturated carbocycles. The number of hydrogen-bond donors (Lipinski definition) is 13. The molecule has 2 aliphatic rings. The highest BCUT2D eigenvalue weighted by atomic mass is 16.7. The van der Waals surface area contributed by atoms with Gasteiger partial charge >= 0.3 is 5.97 Å². The maximum atomic E-state index is 13.7. The lowest BCUT2D eigenvalue weighted by atomic mass is 9.94. The normalized spacial score (nSPS) is 23.6. The number of amides is 8.